The molecule has 5 heteroatoms. The number of benzene rings is 2. The Morgan fingerprint density at radius 1 is 1.08 bits per heavy atom. The molecule has 0 bridgehead atoms. The fourth-order valence-electron chi connectivity index (χ4n) is 3.71. The summed E-state index contributed by atoms with van der Waals surface area (Å²) in [5.41, 5.74) is 0.652. The summed E-state index contributed by atoms with van der Waals surface area (Å²) in [5, 5.41) is 2.69. The highest BCUT2D eigenvalue weighted by Gasteiger charge is 2.58. The van der Waals surface area contributed by atoms with Crippen molar-refractivity contribution in [2.24, 2.45) is 5.92 Å². The van der Waals surface area contributed by atoms with E-state index in [2.05, 4.69) is 5.32 Å². The Morgan fingerprint density at radius 2 is 1.56 bits per heavy atom. The maximum atomic E-state index is 12.5. The molecule has 3 rings (SSSR count). The van der Waals surface area contributed by atoms with E-state index in [1.54, 1.807) is 14.1 Å². The molecule has 2 aromatic carbocycles. The average molecular weight is 338 g/mol. The van der Waals surface area contributed by atoms with Gasteiger partial charge in [0.05, 0.1) is 12.0 Å². The summed E-state index contributed by atoms with van der Waals surface area (Å²) in [5.74, 6) is -0.590. The van der Waals surface area contributed by atoms with Crippen LogP contribution in [0.5, 0.6) is 0 Å². The molecule has 1 aliphatic heterocycles. The van der Waals surface area contributed by atoms with Crippen molar-refractivity contribution in [3.05, 3.63) is 71.8 Å². The number of carbonyl (C=O) groups excluding carboxylic acids is 2. The summed E-state index contributed by atoms with van der Waals surface area (Å²) in [6.45, 7) is 1.82. The quantitative estimate of drug-likeness (QED) is 0.932. The number of cyclic esters (lactones) is 1. The lowest BCUT2D eigenvalue weighted by atomic mass is 9.75. The molecular formula is C20H22N2O3. The second kappa shape index (κ2) is 6.59. The molecular weight excluding hydrogens is 316 g/mol. The predicted molar refractivity (Wildman–Crippen MR) is 94.9 cm³/mol. The molecule has 25 heavy (non-hydrogen) atoms. The fourth-order valence-corrected chi connectivity index (χ4v) is 3.71. The Bertz CT molecular complexity index is 722. The summed E-state index contributed by atoms with van der Waals surface area (Å²) in [6.07, 6.45) is -0.437. The summed E-state index contributed by atoms with van der Waals surface area (Å²) in [6, 6.07) is 18.7. The highest BCUT2D eigenvalue weighted by atomic mass is 16.6. The van der Waals surface area contributed by atoms with E-state index >= 15 is 0 Å². The standard InChI is InChI=1S/C20H22N2O3/c1-14(18(23)21-2)17-20(25-19(24)22(17)3,15-10-6-4-7-11-15)16-12-8-5-9-13-16/h4-14,17H,1-3H3,(H,21,23)/t14-,17+/m1/s1. The van der Waals surface area contributed by atoms with E-state index in [1.807, 2.05) is 67.6 Å². The van der Waals surface area contributed by atoms with Gasteiger partial charge in [0.15, 0.2) is 5.60 Å². The monoisotopic (exact) mass is 338 g/mol. The summed E-state index contributed by atoms with van der Waals surface area (Å²) in [4.78, 5) is 26.5. The molecule has 130 valence electrons. The highest BCUT2D eigenvalue weighted by Crippen LogP contribution is 2.46. The molecule has 0 aromatic heterocycles. The minimum atomic E-state index is -1.04. The van der Waals surface area contributed by atoms with Gasteiger partial charge in [-0.25, -0.2) is 4.79 Å². The molecule has 0 unspecified atom stereocenters. The summed E-state index contributed by atoms with van der Waals surface area (Å²) in [7, 11) is 3.28. The van der Waals surface area contributed by atoms with Crippen LogP contribution in [0.1, 0.15) is 18.1 Å². The van der Waals surface area contributed by atoms with E-state index in [0.717, 1.165) is 11.1 Å². The van der Waals surface area contributed by atoms with Gasteiger partial charge in [-0.2, -0.15) is 0 Å². The molecule has 0 spiro atoms. The first-order chi connectivity index (χ1) is 12.0. The maximum absolute atomic E-state index is 12.5. The van der Waals surface area contributed by atoms with Crippen LogP contribution in [0, 0.1) is 5.92 Å². The van der Waals surface area contributed by atoms with Crippen LogP contribution in [0.15, 0.2) is 60.7 Å². The Kier molecular flexibility index (Phi) is 4.49. The van der Waals surface area contributed by atoms with Gasteiger partial charge >= 0.3 is 6.09 Å². The SMILES string of the molecule is CNC(=O)[C@H](C)[C@@H]1N(C)C(=O)OC1(c1ccccc1)c1ccccc1. The molecule has 1 fully saturated rings. The van der Waals surface area contributed by atoms with Crippen molar-refractivity contribution in [2.75, 3.05) is 14.1 Å². The third-order valence-corrected chi connectivity index (χ3v) is 4.91. The number of nitrogens with zero attached hydrogens (tertiary/aromatic N) is 1. The van der Waals surface area contributed by atoms with E-state index in [-0.39, 0.29) is 5.91 Å². The van der Waals surface area contributed by atoms with Gasteiger partial charge in [-0.3, -0.25) is 4.79 Å². The molecule has 0 aliphatic carbocycles. The lowest BCUT2D eigenvalue weighted by molar-refractivity contribution is -0.126. The van der Waals surface area contributed by atoms with E-state index in [9.17, 15) is 9.59 Å². The van der Waals surface area contributed by atoms with E-state index < -0.39 is 23.7 Å². The number of hydrogen-bond donors (Lipinski definition) is 1. The molecule has 0 saturated carbocycles. The van der Waals surface area contributed by atoms with Crippen LogP contribution >= 0.6 is 0 Å². The molecule has 2 amide bonds. The number of rotatable bonds is 4. The number of amides is 2. The van der Waals surface area contributed by atoms with E-state index in [1.165, 1.54) is 4.90 Å². The third kappa shape index (κ3) is 2.65. The molecule has 1 heterocycles. The van der Waals surface area contributed by atoms with Gasteiger partial charge in [0.2, 0.25) is 5.91 Å². The van der Waals surface area contributed by atoms with Crippen molar-refractivity contribution < 1.29 is 14.3 Å². The van der Waals surface area contributed by atoms with Gasteiger partial charge < -0.3 is 15.0 Å². The van der Waals surface area contributed by atoms with Crippen LogP contribution in [-0.2, 0) is 15.1 Å². The van der Waals surface area contributed by atoms with Crippen molar-refractivity contribution in [1.29, 1.82) is 0 Å². The Balaban J connectivity index is 2.25. The van der Waals surface area contributed by atoms with Gasteiger partial charge in [-0.05, 0) is 0 Å². The lowest BCUT2D eigenvalue weighted by Crippen LogP contribution is -2.51. The molecule has 1 saturated heterocycles. The number of likely N-dealkylation sites (N-methyl/N-ethyl adjacent to an activating group) is 1. The fraction of sp³-hybridized carbons (Fsp3) is 0.300. The Hall–Kier alpha value is -2.82. The van der Waals surface area contributed by atoms with Crippen molar-refractivity contribution in [2.45, 2.75) is 18.6 Å². The first-order valence-corrected chi connectivity index (χ1v) is 8.30. The second-order valence-corrected chi connectivity index (χ2v) is 6.29. The Morgan fingerprint density at radius 3 is 2.00 bits per heavy atom. The zero-order chi connectivity index (χ0) is 18.0. The van der Waals surface area contributed by atoms with Crippen molar-refractivity contribution in [3.8, 4) is 0 Å². The average Bonchev–Trinajstić information content (AvgIpc) is 2.94. The predicted octanol–water partition coefficient (Wildman–Crippen LogP) is 2.76. The summed E-state index contributed by atoms with van der Waals surface area (Å²) >= 11 is 0. The number of hydrogen-bond acceptors (Lipinski definition) is 3. The van der Waals surface area contributed by atoms with Gasteiger partial charge in [0.25, 0.3) is 0 Å². The second-order valence-electron chi connectivity index (χ2n) is 6.29. The zero-order valence-electron chi connectivity index (χ0n) is 14.6. The first-order valence-electron chi connectivity index (χ1n) is 8.30. The van der Waals surface area contributed by atoms with Crippen LogP contribution in [0.2, 0.25) is 0 Å². The Labute approximate surface area is 147 Å². The molecule has 2 atom stereocenters. The van der Waals surface area contributed by atoms with Gasteiger partial charge in [0.1, 0.15) is 0 Å². The van der Waals surface area contributed by atoms with Crippen LogP contribution in [0.3, 0.4) is 0 Å². The molecule has 1 aliphatic rings. The maximum Gasteiger partial charge on any atom is 0.411 e. The molecule has 2 aromatic rings. The van der Waals surface area contributed by atoms with Crippen molar-refractivity contribution >= 4 is 12.0 Å². The van der Waals surface area contributed by atoms with Crippen LogP contribution in [0.4, 0.5) is 4.79 Å². The minimum Gasteiger partial charge on any atom is -0.431 e. The van der Waals surface area contributed by atoms with Crippen LogP contribution in [-0.4, -0.2) is 37.0 Å². The van der Waals surface area contributed by atoms with Gasteiger partial charge in [-0.15, -0.1) is 0 Å². The molecule has 1 N–H and O–H groups in total. The van der Waals surface area contributed by atoms with Crippen LogP contribution in [0.25, 0.3) is 0 Å². The molecule has 5 nitrogen and oxygen atoms in total. The zero-order valence-corrected chi connectivity index (χ0v) is 14.6. The van der Waals surface area contributed by atoms with Crippen molar-refractivity contribution in [1.82, 2.24) is 10.2 Å². The largest absolute Gasteiger partial charge is 0.431 e. The van der Waals surface area contributed by atoms with Gasteiger partial charge in [0, 0.05) is 25.2 Å². The lowest BCUT2D eigenvalue weighted by Gasteiger charge is -2.37. The smallest absolute Gasteiger partial charge is 0.411 e. The first kappa shape index (κ1) is 17.0. The topological polar surface area (TPSA) is 58.6 Å². The van der Waals surface area contributed by atoms with E-state index in [4.69, 9.17) is 4.74 Å². The molecule has 0 radical (unpaired) electrons. The number of ether oxygens (including phenoxy) is 1. The van der Waals surface area contributed by atoms with Gasteiger partial charge in [-0.1, -0.05) is 67.6 Å². The third-order valence-electron chi connectivity index (χ3n) is 4.91. The highest BCUT2D eigenvalue weighted by molar-refractivity contribution is 5.82. The van der Waals surface area contributed by atoms with Crippen LogP contribution < -0.4 is 5.32 Å². The van der Waals surface area contributed by atoms with E-state index in [0.29, 0.717) is 0 Å². The normalized spacial score (nSPS) is 20.0. The minimum absolute atomic E-state index is 0.133. The number of nitrogens with one attached hydrogen (secondary N) is 1. The van der Waals surface area contributed by atoms with Crippen molar-refractivity contribution in [3.63, 3.8) is 0 Å². The number of carbonyl (C=O) groups is 2. The summed E-state index contributed by atoms with van der Waals surface area (Å²) < 4.78 is 5.97.